The number of fused-ring (bicyclic) bond motifs is 1. The highest BCUT2D eigenvalue weighted by Gasteiger charge is 2.51. The highest BCUT2D eigenvalue weighted by Crippen LogP contribution is 2.36. The van der Waals surface area contributed by atoms with E-state index in [9.17, 15) is 10.1 Å². The fourth-order valence-electron chi connectivity index (χ4n) is 3.10. The minimum Gasteiger partial charge on any atom is -0.443 e. The van der Waals surface area contributed by atoms with Crippen LogP contribution in [0.5, 0.6) is 6.01 Å². The van der Waals surface area contributed by atoms with E-state index in [1.807, 2.05) is 39.8 Å². The lowest BCUT2D eigenvalue weighted by molar-refractivity contribution is -0.389. The van der Waals surface area contributed by atoms with Gasteiger partial charge in [-0.1, -0.05) is 6.07 Å². The number of ether oxygens (including phenoxy) is 2. The second kappa shape index (κ2) is 7.08. The van der Waals surface area contributed by atoms with Crippen molar-refractivity contribution in [3.05, 3.63) is 40.3 Å². The Bertz CT molecular complexity index is 898. The predicted octanol–water partition coefficient (Wildman–Crippen LogP) is 1.46. The summed E-state index contributed by atoms with van der Waals surface area (Å²) in [6.07, 6.45) is 2.83. The zero-order valence-corrected chi connectivity index (χ0v) is 16.8. The summed E-state index contributed by atoms with van der Waals surface area (Å²) in [5, 5.41) is 10.8. The molecule has 29 heavy (non-hydrogen) atoms. The Balaban J connectivity index is 1.34. The summed E-state index contributed by atoms with van der Waals surface area (Å²) in [6, 6.07) is 4.03. The van der Waals surface area contributed by atoms with Gasteiger partial charge in [-0.3, -0.25) is 9.55 Å². The number of rotatable bonds is 5. The molecule has 0 amide bonds. The van der Waals surface area contributed by atoms with Crippen molar-refractivity contribution in [3.63, 3.8) is 0 Å². The Kier molecular flexibility index (Phi) is 4.84. The van der Waals surface area contributed by atoms with Gasteiger partial charge in [0.15, 0.2) is 0 Å². The number of nitro groups is 1. The molecule has 1 atom stereocenters. The number of imidazole rings is 1. The van der Waals surface area contributed by atoms with Crippen molar-refractivity contribution >= 4 is 18.4 Å². The maximum Gasteiger partial charge on any atom is 0.496 e. The Morgan fingerprint density at radius 1 is 1.31 bits per heavy atom. The molecule has 2 aliphatic rings. The van der Waals surface area contributed by atoms with Crippen LogP contribution < -0.4 is 10.2 Å². The number of hydrogen-bond donors (Lipinski definition) is 0. The van der Waals surface area contributed by atoms with Gasteiger partial charge in [-0.25, -0.2) is 0 Å². The highest BCUT2D eigenvalue weighted by atomic mass is 16.7. The Morgan fingerprint density at radius 2 is 2.03 bits per heavy atom. The van der Waals surface area contributed by atoms with Crippen LogP contribution in [0.25, 0.3) is 0 Å². The van der Waals surface area contributed by atoms with Gasteiger partial charge in [-0.05, 0) is 38.7 Å². The van der Waals surface area contributed by atoms with Gasteiger partial charge < -0.3 is 28.9 Å². The largest absolute Gasteiger partial charge is 0.496 e. The lowest BCUT2D eigenvalue weighted by atomic mass is 9.80. The zero-order valence-electron chi connectivity index (χ0n) is 16.8. The van der Waals surface area contributed by atoms with E-state index in [-0.39, 0.29) is 24.5 Å². The standard InChI is InChI=1S/C18H23BN4O6/c1-17(2)18(3,4)29-19(28-17)12-5-6-13(20-7-12)10-26-14-8-22-9-15(23(24)25)21-16(22)27-11-14/h5-7,9,14H,8,10-11H2,1-4H3. The molecule has 154 valence electrons. The molecule has 0 radical (unpaired) electrons. The molecule has 1 unspecified atom stereocenters. The second-order valence-electron chi connectivity index (χ2n) is 8.21. The Morgan fingerprint density at radius 3 is 2.66 bits per heavy atom. The lowest BCUT2D eigenvalue weighted by Gasteiger charge is -2.32. The molecule has 1 saturated heterocycles. The molecule has 2 aromatic heterocycles. The van der Waals surface area contributed by atoms with Crippen LogP contribution in [0, 0.1) is 10.1 Å². The fourth-order valence-corrected chi connectivity index (χ4v) is 3.10. The highest BCUT2D eigenvalue weighted by molar-refractivity contribution is 6.62. The minimum absolute atomic E-state index is 0.236. The van der Waals surface area contributed by atoms with Gasteiger partial charge in [0.2, 0.25) is 0 Å². The molecule has 0 spiro atoms. The second-order valence-corrected chi connectivity index (χ2v) is 8.21. The molecule has 10 nitrogen and oxygen atoms in total. The first-order chi connectivity index (χ1) is 13.6. The summed E-state index contributed by atoms with van der Waals surface area (Å²) in [6.45, 7) is 9.04. The van der Waals surface area contributed by atoms with Gasteiger partial charge >= 0.3 is 18.9 Å². The van der Waals surface area contributed by atoms with Gasteiger partial charge in [0.1, 0.15) is 18.9 Å². The smallest absolute Gasteiger partial charge is 0.443 e. The van der Waals surface area contributed by atoms with Crippen molar-refractivity contribution in [2.24, 2.45) is 0 Å². The third-order valence-electron chi connectivity index (χ3n) is 5.55. The van der Waals surface area contributed by atoms with E-state index in [0.29, 0.717) is 13.2 Å². The molecular weight excluding hydrogens is 379 g/mol. The summed E-state index contributed by atoms with van der Waals surface area (Å²) < 4.78 is 25.0. The molecule has 0 aromatic carbocycles. The Labute approximate surface area is 168 Å². The van der Waals surface area contributed by atoms with E-state index >= 15 is 0 Å². The van der Waals surface area contributed by atoms with Crippen LogP contribution in [0.1, 0.15) is 33.4 Å². The lowest BCUT2D eigenvalue weighted by Crippen LogP contribution is -2.41. The maximum atomic E-state index is 10.8. The maximum absolute atomic E-state index is 10.8. The average molecular weight is 402 g/mol. The molecule has 1 fully saturated rings. The summed E-state index contributed by atoms with van der Waals surface area (Å²) in [5.74, 6) is -0.236. The molecule has 4 rings (SSSR count). The fraction of sp³-hybridized carbons (Fsp3) is 0.556. The minimum atomic E-state index is -0.546. The van der Waals surface area contributed by atoms with Crippen LogP contribution >= 0.6 is 0 Å². The van der Waals surface area contributed by atoms with Crippen LogP contribution in [0.15, 0.2) is 24.5 Å². The molecule has 2 aliphatic heterocycles. The first kappa shape index (κ1) is 19.8. The SMILES string of the molecule is CC1(C)OB(c2ccc(COC3COc4nc([N+](=O)[O-])cn4C3)nc2)OC1(C)C. The number of nitrogens with zero attached hydrogens (tertiary/aromatic N) is 4. The number of hydrogen-bond acceptors (Lipinski definition) is 8. The van der Waals surface area contributed by atoms with E-state index in [1.54, 1.807) is 10.8 Å². The van der Waals surface area contributed by atoms with Gasteiger partial charge in [-0.15, -0.1) is 0 Å². The molecule has 0 aliphatic carbocycles. The van der Waals surface area contributed by atoms with E-state index in [1.165, 1.54) is 6.20 Å². The van der Waals surface area contributed by atoms with E-state index in [0.717, 1.165) is 11.2 Å². The quantitative estimate of drug-likeness (QED) is 0.420. The van der Waals surface area contributed by atoms with Gasteiger partial charge in [-0.2, -0.15) is 0 Å². The van der Waals surface area contributed by atoms with Crippen molar-refractivity contribution in [3.8, 4) is 6.01 Å². The van der Waals surface area contributed by atoms with Crippen LogP contribution in [0.2, 0.25) is 0 Å². The molecular formula is C18H23BN4O6. The van der Waals surface area contributed by atoms with Crippen molar-refractivity contribution in [2.45, 2.75) is 58.2 Å². The van der Waals surface area contributed by atoms with Crippen LogP contribution in [-0.4, -0.2) is 50.5 Å². The van der Waals surface area contributed by atoms with E-state index in [2.05, 4.69) is 9.97 Å². The molecule has 0 saturated carbocycles. The first-order valence-electron chi connectivity index (χ1n) is 9.41. The van der Waals surface area contributed by atoms with E-state index in [4.69, 9.17) is 18.8 Å². The topological polar surface area (TPSA) is 111 Å². The number of aromatic nitrogens is 3. The van der Waals surface area contributed by atoms with E-state index < -0.39 is 23.2 Å². The zero-order chi connectivity index (χ0) is 20.8. The van der Waals surface area contributed by atoms with Crippen LogP contribution in [0.4, 0.5) is 5.82 Å². The monoisotopic (exact) mass is 402 g/mol. The Hall–Kier alpha value is -2.50. The average Bonchev–Trinajstić information content (AvgIpc) is 3.18. The molecule has 2 aromatic rings. The van der Waals surface area contributed by atoms with Crippen molar-refractivity contribution in [1.29, 1.82) is 0 Å². The molecule has 0 N–H and O–H groups in total. The molecule has 11 heteroatoms. The number of pyridine rings is 1. The molecule has 4 heterocycles. The summed E-state index contributed by atoms with van der Waals surface area (Å²) in [7, 11) is -0.454. The summed E-state index contributed by atoms with van der Waals surface area (Å²) >= 11 is 0. The van der Waals surface area contributed by atoms with Crippen molar-refractivity contribution in [2.75, 3.05) is 6.61 Å². The van der Waals surface area contributed by atoms with Crippen LogP contribution in [0.3, 0.4) is 0 Å². The van der Waals surface area contributed by atoms with Crippen molar-refractivity contribution in [1.82, 2.24) is 14.5 Å². The van der Waals surface area contributed by atoms with Crippen molar-refractivity contribution < 1.29 is 23.7 Å². The van der Waals surface area contributed by atoms with Gasteiger partial charge in [0, 0.05) is 16.6 Å². The van der Waals surface area contributed by atoms with Gasteiger partial charge in [0.25, 0.3) is 0 Å². The van der Waals surface area contributed by atoms with Crippen LogP contribution in [-0.2, 0) is 27.2 Å². The third kappa shape index (κ3) is 3.85. The first-order valence-corrected chi connectivity index (χ1v) is 9.41. The predicted molar refractivity (Wildman–Crippen MR) is 103 cm³/mol. The summed E-state index contributed by atoms with van der Waals surface area (Å²) in [4.78, 5) is 18.5. The summed E-state index contributed by atoms with van der Waals surface area (Å²) in [5.41, 5.74) is 0.806. The molecule has 0 bridgehead atoms. The third-order valence-corrected chi connectivity index (χ3v) is 5.55. The van der Waals surface area contributed by atoms with Gasteiger partial charge in [0.05, 0.1) is 30.0 Å². The normalized spacial score (nSPS) is 22.2.